The van der Waals surface area contributed by atoms with E-state index in [2.05, 4.69) is 5.32 Å². The van der Waals surface area contributed by atoms with Gasteiger partial charge in [0.05, 0.1) is 18.7 Å². The number of furan rings is 1. The summed E-state index contributed by atoms with van der Waals surface area (Å²) in [5.74, 6) is 0.733. The second-order valence-corrected chi connectivity index (χ2v) is 5.28. The maximum atomic E-state index is 12.4. The molecule has 4 nitrogen and oxygen atoms in total. The average Bonchev–Trinajstić information content (AvgIpc) is 3.18. The molecule has 0 bridgehead atoms. The van der Waals surface area contributed by atoms with Gasteiger partial charge >= 0.3 is 0 Å². The molecule has 0 saturated carbocycles. The number of nitrogens with one attached hydrogen (secondary N) is 1. The maximum absolute atomic E-state index is 12.4. The lowest BCUT2D eigenvalue weighted by molar-refractivity contribution is -0.116. The first-order valence-electron chi connectivity index (χ1n) is 7.25. The van der Waals surface area contributed by atoms with Crippen LogP contribution < -0.4 is 5.32 Å². The number of nitrogens with zero attached hydrogens (tertiary/aromatic N) is 1. The first-order chi connectivity index (χ1) is 10.7. The first kappa shape index (κ1) is 14.2. The number of carbonyl (C=O) groups excluding carboxylic acids is 1. The highest BCUT2D eigenvalue weighted by atomic mass is 16.3. The molecule has 112 valence electrons. The van der Waals surface area contributed by atoms with Gasteiger partial charge < -0.3 is 14.3 Å². The molecule has 0 saturated heterocycles. The molecule has 1 aromatic carbocycles. The number of rotatable bonds is 5. The van der Waals surface area contributed by atoms with Gasteiger partial charge in [-0.25, -0.2) is 0 Å². The zero-order valence-electron chi connectivity index (χ0n) is 12.4. The SMILES string of the molecule is Cc1cccc(NC(=O)C[C@H](c2ccco2)n2cccc2)c1. The van der Waals surface area contributed by atoms with Gasteiger partial charge in [0.2, 0.25) is 5.91 Å². The third kappa shape index (κ3) is 3.28. The third-order valence-corrected chi connectivity index (χ3v) is 3.54. The Morgan fingerprint density at radius 1 is 1.18 bits per heavy atom. The molecule has 1 N–H and O–H groups in total. The van der Waals surface area contributed by atoms with Gasteiger partial charge in [-0.1, -0.05) is 12.1 Å². The van der Waals surface area contributed by atoms with Crippen LogP contribution in [0.15, 0.2) is 71.6 Å². The zero-order valence-corrected chi connectivity index (χ0v) is 12.4. The predicted octanol–water partition coefficient (Wildman–Crippen LogP) is 4.01. The fourth-order valence-corrected chi connectivity index (χ4v) is 2.50. The highest BCUT2D eigenvalue weighted by Crippen LogP contribution is 2.23. The Morgan fingerprint density at radius 2 is 2.00 bits per heavy atom. The molecule has 0 aliphatic heterocycles. The Balaban J connectivity index is 1.75. The summed E-state index contributed by atoms with van der Waals surface area (Å²) in [6.45, 7) is 2.00. The number of carbonyl (C=O) groups is 1. The van der Waals surface area contributed by atoms with Crippen molar-refractivity contribution in [1.29, 1.82) is 0 Å². The summed E-state index contributed by atoms with van der Waals surface area (Å²) in [7, 11) is 0. The van der Waals surface area contributed by atoms with Gasteiger partial charge in [-0.05, 0) is 48.9 Å². The van der Waals surface area contributed by atoms with Crippen molar-refractivity contribution in [3.63, 3.8) is 0 Å². The molecule has 0 radical (unpaired) electrons. The minimum absolute atomic E-state index is 0.0410. The van der Waals surface area contributed by atoms with Crippen molar-refractivity contribution < 1.29 is 9.21 Å². The van der Waals surface area contributed by atoms with E-state index in [0.29, 0.717) is 6.42 Å². The molecule has 22 heavy (non-hydrogen) atoms. The van der Waals surface area contributed by atoms with E-state index in [1.807, 2.05) is 72.4 Å². The van der Waals surface area contributed by atoms with E-state index in [-0.39, 0.29) is 11.9 Å². The second kappa shape index (κ2) is 6.35. The van der Waals surface area contributed by atoms with Gasteiger partial charge in [0.1, 0.15) is 5.76 Å². The van der Waals surface area contributed by atoms with Gasteiger partial charge in [0.25, 0.3) is 0 Å². The van der Waals surface area contributed by atoms with Crippen molar-refractivity contribution in [3.05, 3.63) is 78.5 Å². The lowest BCUT2D eigenvalue weighted by Gasteiger charge is -2.16. The first-order valence-corrected chi connectivity index (χ1v) is 7.25. The monoisotopic (exact) mass is 294 g/mol. The smallest absolute Gasteiger partial charge is 0.226 e. The van der Waals surface area contributed by atoms with Gasteiger partial charge in [-0.2, -0.15) is 0 Å². The van der Waals surface area contributed by atoms with Crippen LogP contribution in [-0.4, -0.2) is 10.5 Å². The largest absolute Gasteiger partial charge is 0.467 e. The van der Waals surface area contributed by atoms with Gasteiger partial charge in [-0.3, -0.25) is 4.79 Å². The van der Waals surface area contributed by atoms with E-state index in [1.54, 1.807) is 6.26 Å². The van der Waals surface area contributed by atoms with E-state index >= 15 is 0 Å². The molecular weight excluding hydrogens is 276 g/mol. The van der Waals surface area contributed by atoms with Gasteiger partial charge in [-0.15, -0.1) is 0 Å². The predicted molar refractivity (Wildman–Crippen MR) is 85.7 cm³/mol. The zero-order chi connectivity index (χ0) is 15.4. The lowest BCUT2D eigenvalue weighted by Crippen LogP contribution is -2.19. The maximum Gasteiger partial charge on any atom is 0.226 e. The van der Waals surface area contributed by atoms with Crippen molar-refractivity contribution in [2.24, 2.45) is 0 Å². The standard InChI is InChI=1S/C18H18N2O2/c1-14-6-4-7-15(12-14)19-18(21)13-16(17-8-5-11-22-17)20-9-2-3-10-20/h2-12,16H,13H2,1H3,(H,19,21)/t16-/m1/s1. The van der Waals surface area contributed by atoms with Crippen molar-refractivity contribution in [2.75, 3.05) is 5.32 Å². The summed E-state index contributed by atoms with van der Waals surface area (Å²) in [6.07, 6.45) is 5.82. The van der Waals surface area contributed by atoms with Crippen LogP contribution in [0, 0.1) is 6.92 Å². The summed E-state index contributed by atoms with van der Waals surface area (Å²) < 4.78 is 7.47. The molecule has 4 heteroatoms. The molecule has 3 aromatic rings. The minimum Gasteiger partial charge on any atom is -0.467 e. The van der Waals surface area contributed by atoms with Crippen LogP contribution in [0.25, 0.3) is 0 Å². The molecule has 0 spiro atoms. The van der Waals surface area contributed by atoms with Crippen LogP contribution in [0.2, 0.25) is 0 Å². The van der Waals surface area contributed by atoms with Crippen LogP contribution in [0.1, 0.15) is 23.8 Å². The second-order valence-electron chi connectivity index (χ2n) is 5.28. The summed E-state index contributed by atoms with van der Waals surface area (Å²) in [5, 5.41) is 2.94. The lowest BCUT2D eigenvalue weighted by atomic mass is 10.1. The topological polar surface area (TPSA) is 47.2 Å². The van der Waals surface area contributed by atoms with Crippen molar-refractivity contribution in [1.82, 2.24) is 4.57 Å². The summed E-state index contributed by atoms with van der Waals surface area (Å²) >= 11 is 0. The van der Waals surface area contributed by atoms with Crippen molar-refractivity contribution >= 4 is 11.6 Å². The third-order valence-electron chi connectivity index (χ3n) is 3.54. The quantitative estimate of drug-likeness (QED) is 0.773. The van der Waals surface area contributed by atoms with Crippen LogP contribution in [0.5, 0.6) is 0 Å². The highest BCUT2D eigenvalue weighted by Gasteiger charge is 2.19. The van der Waals surface area contributed by atoms with E-state index in [1.165, 1.54) is 0 Å². The Morgan fingerprint density at radius 3 is 2.68 bits per heavy atom. The van der Waals surface area contributed by atoms with E-state index in [0.717, 1.165) is 17.0 Å². The van der Waals surface area contributed by atoms with Crippen molar-refractivity contribution in [2.45, 2.75) is 19.4 Å². The van der Waals surface area contributed by atoms with E-state index < -0.39 is 0 Å². The molecule has 0 aliphatic rings. The molecule has 0 aliphatic carbocycles. The summed E-state index contributed by atoms with van der Waals surface area (Å²) in [6, 6.07) is 15.2. The normalized spacial score (nSPS) is 12.0. The molecule has 2 heterocycles. The average molecular weight is 294 g/mol. The molecule has 2 aromatic heterocycles. The van der Waals surface area contributed by atoms with Crippen LogP contribution in [0.3, 0.4) is 0 Å². The Kier molecular flexibility index (Phi) is 4.10. The van der Waals surface area contributed by atoms with E-state index in [4.69, 9.17) is 4.42 Å². The van der Waals surface area contributed by atoms with E-state index in [9.17, 15) is 4.79 Å². The number of aryl methyl sites for hydroxylation is 1. The number of amides is 1. The number of aromatic nitrogens is 1. The Bertz CT molecular complexity index is 696. The Hall–Kier alpha value is -2.75. The molecule has 1 amide bonds. The number of hydrogen-bond acceptors (Lipinski definition) is 2. The summed E-state index contributed by atoms with van der Waals surface area (Å²) in [4.78, 5) is 12.4. The fraction of sp³-hybridized carbons (Fsp3) is 0.167. The van der Waals surface area contributed by atoms with Crippen LogP contribution >= 0.6 is 0 Å². The Labute approximate surface area is 129 Å². The van der Waals surface area contributed by atoms with Gasteiger partial charge in [0.15, 0.2) is 0 Å². The number of hydrogen-bond donors (Lipinski definition) is 1. The number of anilines is 1. The summed E-state index contributed by atoms with van der Waals surface area (Å²) in [5.41, 5.74) is 1.93. The minimum atomic E-state index is -0.144. The fourth-order valence-electron chi connectivity index (χ4n) is 2.50. The molecular formula is C18H18N2O2. The number of benzene rings is 1. The van der Waals surface area contributed by atoms with Crippen molar-refractivity contribution in [3.8, 4) is 0 Å². The highest BCUT2D eigenvalue weighted by molar-refractivity contribution is 5.91. The molecule has 0 unspecified atom stereocenters. The molecule has 0 fully saturated rings. The molecule has 1 atom stereocenters. The van der Waals surface area contributed by atoms with Crippen LogP contribution in [0.4, 0.5) is 5.69 Å². The van der Waals surface area contributed by atoms with Gasteiger partial charge in [0, 0.05) is 18.1 Å². The van der Waals surface area contributed by atoms with Crippen LogP contribution in [-0.2, 0) is 4.79 Å². The molecule has 3 rings (SSSR count).